The second-order valence-electron chi connectivity index (χ2n) is 6.11. The highest BCUT2D eigenvalue weighted by atomic mass is 35.5. The first-order chi connectivity index (χ1) is 9.70. The molecule has 0 amide bonds. The van der Waals surface area contributed by atoms with Crippen LogP contribution in [0.1, 0.15) is 31.2 Å². The molecule has 0 N–H and O–H groups in total. The van der Waals surface area contributed by atoms with Crippen LogP contribution in [0.3, 0.4) is 0 Å². The van der Waals surface area contributed by atoms with Crippen LogP contribution in [0.5, 0.6) is 0 Å². The average Bonchev–Trinajstić information content (AvgIpc) is 2.93. The van der Waals surface area contributed by atoms with Gasteiger partial charge in [-0.15, -0.1) is 0 Å². The maximum absolute atomic E-state index is 6.41. The molecule has 1 aromatic carbocycles. The van der Waals surface area contributed by atoms with Crippen LogP contribution in [0, 0.1) is 0 Å². The van der Waals surface area contributed by atoms with E-state index in [1.54, 1.807) is 0 Å². The van der Waals surface area contributed by atoms with Crippen LogP contribution in [0.2, 0.25) is 10.0 Å². The fraction of sp³-hybridized carbons (Fsp3) is 0.625. The highest BCUT2D eigenvalue weighted by Gasteiger charge is 2.40. The monoisotopic (exact) mass is 330 g/mol. The third-order valence-corrected chi connectivity index (χ3v) is 6.56. The first-order valence-electron chi connectivity index (χ1n) is 7.57. The SMILES string of the molecule is Clc1ccc(C[N+]2(C3CCSCC3)CCCC2)c(Cl)c1. The number of nitrogens with zero attached hydrogens (tertiary/aromatic N) is 1. The van der Waals surface area contributed by atoms with Gasteiger partial charge in [-0.3, -0.25) is 0 Å². The molecule has 0 spiro atoms. The van der Waals surface area contributed by atoms with Crippen LogP contribution in [0.4, 0.5) is 0 Å². The lowest BCUT2D eigenvalue weighted by molar-refractivity contribution is -0.953. The molecule has 1 aromatic rings. The van der Waals surface area contributed by atoms with E-state index in [0.29, 0.717) is 0 Å². The number of benzene rings is 1. The van der Waals surface area contributed by atoms with E-state index in [4.69, 9.17) is 23.2 Å². The van der Waals surface area contributed by atoms with Crippen molar-refractivity contribution in [1.29, 1.82) is 0 Å². The molecule has 2 fully saturated rings. The molecule has 110 valence electrons. The Bertz CT molecular complexity index is 466. The molecule has 0 aliphatic carbocycles. The lowest BCUT2D eigenvalue weighted by Gasteiger charge is -2.43. The molecule has 2 aliphatic heterocycles. The number of hydrogen-bond donors (Lipinski definition) is 0. The quantitative estimate of drug-likeness (QED) is 0.703. The normalized spacial score (nSPS) is 23.1. The zero-order chi connectivity index (χ0) is 14.0. The molecule has 0 radical (unpaired) electrons. The van der Waals surface area contributed by atoms with Crippen LogP contribution in [0.15, 0.2) is 18.2 Å². The van der Waals surface area contributed by atoms with Gasteiger partial charge >= 0.3 is 0 Å². The van der Waals surface area contributed by atoms with Crippen molar-refractivity contribution in [3.05, 3.63) is 33.8 Å². The molecule has 0 atom stereocenters. The minimum absolute atomic E-state index is 0.737. The van der Waals surface area contributed by atoms with E-state index in [1.165, 1.54) is 60.3 Å². The van der Waals surface area contributed by atoms with Gasteiger partial charge in [0.1, 0.15) is 6.54 Å². The fourth-order valence-electron chi connectivity index (χ4n) is 3.84. The summed E-state index contributed by atoms with van der Waals surface area (Å²) in [6.07, 6.45) is 5.48. The van der Waals surface area contributed by atoms with Crippen LogP contribution in [0.25, 0.3) is 0 Å². The third kappa shape index (κ3) is 3.14. The Morgan fingerprint density at radius 1 is 1.10 bits per heavy atom. The number of hydrogen-bond acceptors (Lipinski definition) is 1. The van der Waals surface area contributed by atoms with E-state index in [9.17, 15) is 0 Å². The highest BCUT2D eigenvalue weighted by molar-refractivity contribution is 7.99. The summed E-state index contributed by atoms with van der Waals surface area (Å²) >= 11 is 14.5. The maximum Gasteiger partial charge on any atom is 0.106 e. The molecule has 2 aliphatic rings. The van der Waals surface area contributed by atoms with Gasteiger partial charge in [0, 0.05) is 36.3 Å². The van der Waals surface area contributed by atoms with Crippen LogP contribution in [-0.4, -0.2) is 35.1 Å². The van der Waals surface area contributed by atoms with E-state index >= 15 is 0 Å². The Kier molecular flexibility index (Phi) is 4.86. The molecule has 4 heteroatoms. The Hall–Kier alpha value is 0.110. The first kappa shape index (κ1) is 15.0. The molecule has 1 nitrogen and oxygen atoms in total. The number of thioether (sulfide) groups is 1. The average molecular weight is 331 g/mol. The van der Waals surface area contributed by atoms with Gasteiger partial charge in [0.05, 0.1) is 24.2 Å². The molecule has 0 bridgehead atoms. The molecule has 0 saturated carbocycles. The van der Waals surface area contributed by atoms with Crippen molar-refractivity contribution in [1.82, 2.24) is 0 Å². The largest absolute Gasteiger partial charge is 0.317 e. The summed E-state index contributed by atoms with van der Waals surface area (Å²) in [5, 5.41) is 1.58. The van der Waals surface area contributed by atoms with E-state index in [0.717, 1.165) is 22.6 Å². The zero-order valence-electron chi connectivity index (χ0n) is 11.8. The molecular formula is C16H22Cl2NS+. The fourth-order valence-corrected chi connectivity index (χ4v) is 5.39. The van der Waals surface area contributed by atoms with Crippen molar-refractivity contribution >= 4 is 35.0 Å². The molecule has 0 aromatic heterocycles. The summed E-state index contributed by atoms with van der Waals surface area (Å²) in [4.78, 5) is 0. The van der Waals surface area contributed by atoms with Crippen LogP contribution >= 0.6 is 35.0 Å². The zero-order valence-corrected chi connectivity index (χ0v) is 14.1. The van der Waals surface area contributed by atoms with E-state index < -0.39 is 0 Å². The molecule has 2 heterocycles. The summed E-state index contributed by atoms with van der Waals surface area (Å²) < 4.78 is 1.27. The maximum atomic E-state index is 6.41. The van der Waals surface area contributed by atoms with Gasteiger partial charge in [-0.2, -0.15) is 11.8 Å². The van der Waals surface area contributed by atoms with Crippen LogP contribution in [-0.2, 0) is 6.54 Å². The number of likely N-dealkylation sites (tertiary alicyclic amines) is 1. The van der Waals surface area contributed by atoms with Crippen molar-refractivity contribution in [3.8, 4) is 0 Å². The lowest BCUT2D eigenvalue weighted by atomic mass is 10.0. The Labute approximate surface area is 136 Å². The number of rotatable bonds is 3. The summed E-state index contributed by atoms with van der Waals surface area (Å²) in [5.41, 5.74) is 1.27. The predicted octanol–water partition coefficient (Wildman–Crippen LogP) is 5.00. The molecule has 2 saturated heterocycles. The number of halogens is 2. The van der Waals surface area contributed by atoms with Crippen molar-refractivity contribution in [2.45, 2.75) is 38.3 Å². The summed E-state index contributed by atoms with van der Waals surface area (Å²) in [6.45, 7) is 3.74. The van der Waals surface area contributed by atoms with Gasteiger partial charge in [-0.05, 0) is 23.6 Å². The Morgan fingerprint density at radius 2 is 1.80 bits per heavy atom. The lowest BCUT2D eigenvalue weighted by Crippen LogP contribution is -2.53. The van der Waals surface area contributed by atoms with Crippen LogP contribution < -0.4 is 0 Å². The predicted molar refractivity (Wildman–Crippen MR) is 89.7 cm³/mol. The van der Waals surface area contributed by atoms with Crippen molar-refractivity contribution in [3.63, 3.8) is 0 Å². The minimum Gasteiger partial charge on any atom is -0.317 e. The van der Waals surface area contributed by atoms with E-state index in [1.807, 2.05) is 12.1 Å². The van der Waals surface area contributed by atoms with Gasteiger partial charge < -0.3 is 4.48 Å². The summed E-state index contributed by atoms with van der Waals surface area (Å²) in [5.74, 6) is 2.66. The summed E-state index contributed by atoms with van der Waals surface area (Å²) in [6, 6.07) is 6.83. The molecule has 3 rings (SSSR count). The second-order valence-corrected chi connectivity index (χ2v) is 8.18. The third-order valence-electron chi connectivity index (χ3n) is 4.92. The van der Waals surface area contributed by atoms with E-state index in [-0.39, 0.29) is 0 Å². The standard InChI is InChI=1S/C16H22Cl2NS/c17-14-4-3-13(16(18)11-14)12-19(7-1-2-8-19)15-5-9-20-10-6-15/h3-4,11,15H,1-2,5-10,12H2/q+1. The molecular weight excluding hydrogens is 309 g/mol. The molecule has 20 heavy (non-hydrogen) atoms. The van der Waals surface area contributed by atoms with Crippen molar-refractivity contribution in [2.75, 3.05) is 24.6 Å². The Balaban J connectivity index is 1.83. The van der Waals surface area contributed by atoms with Crippen molar-refractivity contribution in [2.24, 2.45) is 0 Å². The highest BCUT2D eigenvalue weighted by Crippen LogP contribution is 2.35. The molecule has 0 unspecified atom stereocenters. The first-order valence-corrected chi connectivity index (χ1v) is 9.48. The summed E-state index contributed by atoms with van der Waals surface area (Å²) in [7, 11) is 0. The second kappa shape index (κ2) is 6.48. The van der Waals surface area contributed by atoms with Gasteiger partial charge in [0.2, 0.25) is 0 Å². The van der Waals surface area contributed by atoms with Gasteiger partial charge in [-0.1, -0.05) is 29.3 Å². The Morgan fingerprint density at radius 3 is 2.45 bits per heavy atom. The smallest absolute Gasteiger partial charge is 0.106 e. The van der Waals surface area contributed by atoms with E-state index in [2.05, 4.69) is 17.8 Å². The number of quaternary nitrogens is 1. The minimum atomic E-state index is 0.737. The van der Waals surface area contributed by atoms with Gasteiger partial charge in [-0.25, -0.2) is 0 Å². The van der Waals surface area contributed by atoms with Gasteiger partial charge in [0.15, 0.2) is 0 Å². The van der Waals surface area contributed by atoms with Gasteiger partial charge in [0.25, 0.3) is 0 Å². The topological polar surface area (TPSA) is 0 Å². The van der Waals surface area contributed by atoms with Crippen molar-refractivity contribution < 1.29 is 4.48 Å².